The fourth-order valence-corrected chi connectivity index (χ4v) is 5.80. The maximum absolute atomic E-state index is 12.5. The monoisotopic (exact) mass is 566 g/mol. The first-order chi connectivity index (χ1) is 20.7. The van der Waals surface area contributed by atoms with Gasteiger partial charge in [-0.05, 0) is 46.5 Å². The third kappa shape index (κ3) is 7.79. The van der Waals surface area contributed by atoms with E-state index in [-0.39, 0.29) is 0 Å². The minimum absolute atomic E-state index is 0.511. The fourth-order valence-electron chi connectivity index (χ4n) is 5.80. The zero-order valence-corrected chi connectivity index (χ0v) is 25.5. The van der Waals surface area contributed by atoms with Crippen LogP contribution in [0.4, 0.5) is 0 Å². The van der Waals surface area contributed by atoms with E-state index < -0.39 is 0 Å². The number of fused-ring (bicyclic) bond motifs is 2. The third-order valence-corrected chi connectivity index (χ3v) is 8.05. The minimum Gasteiger partial charge on any atom is -0.492 e. The van der Waals surface area contributed by atoms with Gasteiger partial charge in [-0.3, -0.25) is 9.59 Å². The van der Waals surface area contributed by atoms with Crippen LogP contribution in [0.1, 0.15) is 112 Å². The SMILES string of the molecule is CCCCCCCCOc1c(C=O)cc2ccccc2c1-c1c(OCCCCCCCC)c(C=O)cc2ccccc12. The van der Waals surface area contributed by atoms with E-state index in [1.165, 1.54) is 51.4 Å². The van der Waals surface area contributed by atoms with Gasteiger partial charge in [0.15, 0.2) is 12.6 Å². The number of rotatable bonds is 19. The van der Waals surface area contributed by atoms with E-state index in [1.54, 1.807) is 0 Å². The van der Waals surface area contributed by atoms with Gasteiger partial charge in [0.25, 0.3) is 0 Å². The molecule has 0 radical (unpaired) electrons. The molecule has 0 bridgehead atoms. The van der Waals surface area contributed by atoms with Gasteiger partial charge in [-0.1, -0.05) is 127 Å². The molecule has 0 fully saturated rings. The van der Waals surface area contributed by atoms with E-state index in [2.05, 4.69) is 26.0 Å². The summed E-state index contributed by atoms with van der Waals surface area (Å²) >= 11 is 0. The Morgan fingerprint density at radius 3 is 1.31 bits per heavy atom. The summed E-state index contributed by atoms with van der Waals surface area (Å²) in [6.07, 6.45) is 15.6. The van der Waals surface area contributed by atoms with Gasteiger partial charge in [0, 0.05) is 11.1 Å². The average Bonchev–Trinajstić information content (AvgIpc) is 3.03. The van der Waals surface area contributed by atoms with Gasteiger partial charge in [-0.15, -0.1) is 0 Å². The molecule has 0 saturated carbocycles. The summed E-state index contributed by atoms with van der Waals surface area (Å²) in [5, 5.41) is 3.84. The summed E-state index contributed by atoms with van der Waals surface area (Å²) < 4.78 is 13.0. The van der Waals surface area contributed by atoms with Crippen LogP contribution in [-0.2, 0) is 0 Å². The molecule has 4 aromatic carbocycles. The number of carbonyl (C=O) groups excluding carboxylic acids is 2. The van der Waals surface area contributed by atoms with Gasteiger partial charge in [0.05, 0.1) is 24.3 Å². The van der Waals surface area contributed by atoms with Gasteiger partial charge in [0.2, 0.25) is 0 Å². The number of benzene rings is 4. The van der Waals surface area contributed by atoms with Gasteiger partial charge < -0.3 is 9.47 Å². The van der Waals surface area contributed by atoms with Crippen molar-refractivity contribution >= 4 is 34.1 Å². The molecule has 0 aromatic heterocycles. The van der Waals surface area contributed by atoms with Crippen molar-refractivity contribution in [1.82, 2.24) is 0 Å². The largest absolute Gasteiger partial charge is 0.492 e. The van der Waals surface area contributed by atoms with Crippen molar-refractivity contribution in [1.29, 1.82) is 0 Å². The highest BCUT2D eigenvalue weighted by molar-refractivity contribution is 6.14. The van der Waals surface area contributed by atoms with E-state index in [9.17, 15) is 9.59 Å². The van der Waals surface area contributed by atoms with Crippen molar-refractivity contribution in [2.45, 2.75) is 90.9 Å². The molecule has 0 aliphatic heterocycles. The molecule has 0 heterocycles. The maximum atomic E-state index is 12.5. The number of hydrogen-bond donors (Lipinski definition) is 0. The highest BCUT2D eigenvalue weighted by Crippen LogP contribution is 2.48. The fraction of sp³-hybridized carbons (Fsp3) is 0.421. The van der Waals surface area contributed by atoms with E-state index in [4.69, 9.17) is 9.47 Å². The van der Waals surface area contributed by atoms with E-state index in [0.29, 0.717) is 35.8 Å². The van der Waals surface area contributed by atoms with Crippen LogP contribution in [-0.4, -0.2) is 25.8 Å². The maximum Gasteiger partial charge on any atom is 0.153 e. The quantitative estimate of drug-likeness (QED) is 0.0837. The summed E-state index contributed by atoms with van der Waals surface area (Å²) in [5.74, 6) is 1.13. The Morgan fingerprint density at radius 1 is 0.524 bits per heavy atom. The van der Waals surface area contributed by atoms with Crippen molar-refractivity contribution in [2.75, 3.05) is 13.2 Å². The van der Waals surface area contributed by atoms with Crippen molar-refractivity contribution in [3.63, 3.8) is 0 Å². The van der Waals surface area contributed by atoms with Gasteiger partial charge in [-0.2, -0.15) is 0 Å². The number of ether oxygens (including phenoxy) is 2. The van der Waals surface area contributed by atoms with Crippen LogP contribution in [0.5, 0.6) is 11.5 Å². The zero-order valence-electron chi connectivity index (χ0n) is 25.5. The molecule has 0 aliphatic rings. The lowest BCUT2D eigenvalue weighted by Crippen LogP contribution is -2.06. The molecule has 4 aromatic rings. The predicted molar refractivity (Wildman–Crippen MR) is 175 cm³/mol. The molecular formula is C38H46O4. The molecule has 0 atom stereocenters. The minimum atomic E-state index is 0.511. The molecule has 0 spiro atoms. The first kappa shape index (κ1) is 31.3. The average molecular weight is 567 g/mol. The van der Waals surface area contributed by atoms with Crippen molar-refractivity contribution in [3.8, 4) is 22.6 Å². The van der Waals surface area contributed by atoms with Gasteiger partial charge >= 0.3 is 0 Å². The molecule has 4 nitrogen and oxygen atoms in total. The standard InChI is InChI=1S/C38H46O4/c1-3-5-7-9-11-17-23-41-37-31(27-39)25-29-19-13-15-21-33(29)35(37)36-34-22-16-14-20-30(34)26-32(28-40)38(36)42-24-18-12-10-8-6-4-2/h13-16,19-22,25-28H,3-12,17-18,23-24H2,1-2H3. The normalized spacial score (nSPS) is 11.2. The summed E-state index contributed by atoms with van der Waals surface area (Å²) in [7, 11) is 0. The molecule has 42 heavy (non-hydrogen) atoms. The molecular weight excluding hydrogens is 520 g/mol. The first-order valence-corrected chi connectivity index (χ1v) is 16.0. The summed E-state index contributed by atoms with van der Waals surface area (Å²) in [4.78, 5) is 25.0. The molecule has 0 N–H and O–H groups in total. The smallest absolute Gasteiger partial charge is 0.153 e. The van der Waals surface area contributed by atoms with Crippen LogP contribution in [0, 0.1) is 0 Å². The van der Waals surface area contributed by atoms with E-state index in [1.807, 2.05) is 48.5 Å². The molecule has 0 amide bonds. The Kier molecular flexibility index (Phi) is 12.4. The Hall–Kier alpha value is -3.66. The molecule has 0 unspecified atom stereocenters. The second-order valence-electron chi connectivity index (χ2n) is 11.3. The second-order valence-corrected chi connectivity index (χ2v) is 11.3. The summed E-state index contributed by atoms with van der Waals surface area (Å²) in [5.41, 5.74) is 2.66. The molecule has 4 heteroatoms. The molecule has 0 saturated heterocycles. The Balaban J connectivity index is 1.81. The van der Waals surface area contributed by atoms with Crippen LogP contribution in [0.15, 0.2) is 60.7 Å². The number of carbonyl (C=O) groups is 2. The van der Waals surface area contributed by atoms with Crippen molar-refractivity contribution in [2.24, 2.45) is 0 Å². The van der Waals surface area contributed by atoms with E-state index >= 15 is 0 Å². The van der Waals surface area contributed by atoms with Crippen LogP contribution in [0.3, 0.4) is 0 Å². The van der Waals surface area contributed by atoms with Gasteiger partial charge in [-0.25, -0.2) is 0 Å². The predicted octanol–water partition coefficient (Wildman–Crippen LogP) is 10.8. The molecule has 222 valence electrons. The highest BCUT2D eigenvalue weighted by Gasteiger charge is 2.24. The van der Waals surface area contributed by atoms with Crippen molar-refractivity contribution in [3.05, 3.63) is 71.8 Å². The Labute approximate surface area is 251 Å². The van der Waals surface area contributed by atoms with Crippen LogP contribution in [0.25, 0.3) is 32.7 Å². The van der Waals surface area contributed by atoms with E-state index in [0.717, 1.165) is 70.9 Å². The summed E-state index contributed by atoms with van der Waals surface area (Å²) in [6, 6.07) is 20.0. The lowest BCUT2D eigenvalue weighted by atomic mass is 9.89. The Bertz CT molecular complexity index is 1340. The highest BCUT2D eigenvalue weighted by atomic mass is 16.5. The number of aldehydes is 2. The van der Waals surface area contributed by atoms with Gasteiger partial charge in [0.1, 0.15) is 11.5 Å². The number of hydrogen-bond acceptors (Lipinski definition) is 4. The summed E-state index contributed by atoms with van der Waals surface area (Å²) in [6.45, 7) is 5.50. The Morgan fingerprint density at radius 2 is 0.905 bits per heavy atom. The molecule has 0 aliphatic carbocycles. The second kappa shape index (κ2) is 16.7. The van der Waals surface area contributed by atoms with Crippen LogP contribution < -0.4 is 9.47 Å². The zero-order chi connectivity index (χ0) is 29.6. The van der Waals surface area contributed by atoms with Crippen LogP contribution >= 0.6 is 0 Å². The topological polar surface area (TPSA) is 52.6 Å². The third-order valence-electron chi connectivity index (χ3n) is 8.05. The first-order valence-electron chi connectivity index (χ1n) is 16.0. The lowest BCUT2D eigenvalue weighted by Gasteiger charge is -2.22. The van der Waals surface area contributed by atoms with Crippen molar-refractivity contribution < 1.29 is 19.1 Å². The van der Waals surface area contributed by atoms with Crippen LogP contribution in [0.2, 0.25) is 0 Å². The molecule has 4 rings (SSSR count). The number of unbranched alkanes of at least 4 members (excludes halogenated alkanes) is 10. The lowest BCUT2D eigenvalue weighted by molar-refractivity contribution is 0.111.